The molecule has 1 aliphatic rings. The lowest BCUT2D eigenvalue weighted by Crippen LogP contribution is -2.42. The molecule has 3 aromatic rings. The Kier molecular flexibility index (Phi) is 5.34. The maximum absolute atomic E-state index is 12.7. The van der Waals surface area contributed by atoms with Gasteiger partial charge in [-0.15, -0.1) is 0 Å². The van der Waals surface area contributed by atoms with Crippen molar-refractivity contribution < 1.29 is 9.21 Å². The fourth-order valence-corrected chi connectivity index (χ4v) is 3.60. The van der Waals surface area contributed by atoms with Gasteiger partial charge in [-0.2, -0.15) is 5.10 Å². The molecule has 6 nitrogen and oxygen atoms in total. The van der Waals surface area contributed by atoms with Gasteiger partial charge in [-0.1, -0.05) is 12.1 Å². The molecule has 3 heterocycles. The Morgan fingerprint density at radius 1 is 1.26 bits per heavy atom. The first-order chi connectivity index (χ1) is 13.3. The van der Waals surface area contributed by atoms with Crippen LogP contribution in [0.2, 0.25) is 0 Å². The maximum atomic E-state index is 12.7. The van der Waals surface area contributed by atoms with E-state index >= 15 is 0 Å². The van der Waals surface area contributed by atoms with Gasteiger partial charge in [0.2, 0.25) is 5.91 Å². The molecule has 1 amide bonds. The number of likely N-dealkylation sites (tertiary alicyclic amines) is 1. The van der Waals surface area contributed by atoms with Crippen LogP contribution in [0.1, 0.15) is 24.2 Å². The number of hydrogen-bond acceptors (Lipinski definition) is 4. The summed E-state index contributed by atoms with van der Waals surface area (Å²) in [6.07, 6.45) is 7.33. The molecule has 0 radical (unpaired) electrons. The molecule has 0 bridgehead atoms. The number of amides is 1. The fraction of sp³-hybridized carbons (Fsp3) is 0.333. The Labute approximate surface area is 158 Å². The highest BCUT2D eigenvalue weighted by atomic mass is 16.3. The van der Waals surface area contributed by atoms with Crippen molar-refractivity contribution in [1.82, 2.24) is 20.0 Å². The van der Waals surface area contributed by atoms with Crippen LogP contribution in [0.15, 0.2) is 65.5 Å². The van der Waals surface area contributed by atoms with E-state index in [0.29, 0.717) is 6.54 Å². The second-order valence-corrected chi connectivity index (χ2v) is 6.99. The van der Waals surface area contributed by atoms with Gasteiger partial charge < -0.3 is 9.73 Å². The number of nitrogens with one attached hydrogen (secondary N) is 1. The van der Waals surface area contributed by atoms with E-state index in [1.54, 1.807) is 12.5 Å². The van der Waals surface area contributed by atoms with Crippen LogP contribution in [0.4, 0.5) is 0 Å². The third-order valence-corrected chi connectivity index (χ3v) is 4.98. The summed E-state index contributed by atoms with van der Waals surface area (Å²) in [5, 5.41) is 7.35. The maximum Gasteiger partial charge on any atom is 0.224 e. The summed E-state index contributed by atoms with van der Waals surface area (Å²) in [6, 6.07) is 13.9. The smallest absolute Gasteiger partial charge is 0.224 e. The normalized spacial score (nSPS) is 17.7. The van der Waals surface area contributed by atoms with Crippen molar-refractivity contribution in [2.45, 2.75) is 25.9 Å². The van der Waals surface area contributed by atoms with Crippen LogP contribution in [-0.2, 0) is 17.9 Å². The highest BCUT2D eigenvalue weighted by Crippen LogP contribution is 2.19. The van der Waals surface area contributed by atoms with Gasteiger partial charge >= 0.3 is 0 Å². The summed E-state index contributed by atoms with van der Waals surface area (Å²) in [6.45, 7) is 3.08. The molecule has 1 atom stereocenters. The SMILES string of the molecule is O=C(NCc1cccc(-n2cccn2)c1)[C@@H]1CCCN(Cc2ccco2)C1. The minimum Gasteiger partial charge on any atom is -0.468 e. The van der Waals surface area contributed by atoms with E-state index in [1.165, 1.54) is 0 Å². The first-order valence-electron chi connectivity index (χ1n) is 9.39. The number of furan rings is 1. The second-order valence-electron chi connectivity index (χ2n) is 6.99. The average Bonchev–Trinajstić information content (AvgIpc) is 3.41. The van der Waals surface area contributed by atoms with Crippen molar-refractivity contribution in [1.29, 1.82) is 0 Å². The molecule has 0 unspecified atom stereocenters. The zero-order valence-electron chi connectivity index (χ0n) is 15.3. The van der Waals surface area contributed by atoms with Crippen molar-refractivity contribution in [3.63, 3.8) is 0 Å². The van der Waals surface area contributed by atoms with Crippen LogP contribution in [-0.4, -0.2) is 33.7 Å². The van der Waals surface area contributed by atoms with E-state index in [4.69, 9.17) is 4.42 Å². The molecule has 1 aromatic carbocycles. The topological polar surface area (TPSA) is 63.3 Å². The van der Waals surface area contributed by atoms with Crippen molar-refractivity contribution in [2.75, 3.05) is 13.1 Å². The van der Waals surface area contributed by atoms with E-state index in [2.05, 4.69) is 21.4 Å². The summed E-state index contributed by atoms with van der Waals surface area (Å²) in [5.74, 6) is 1.11. The average molecular weight is 364 g/mol. The lowest BCUT2D eigenvalue weighted by atomic mass is 9.97. The first kappa shape index (κ1) is 17.5. The predicted molar refractivity (Wildman–Crippen MR) is 102 cm³/mol. The van der Waals surface area contributed by atoms with Crippen molar-refractivity contribution in [2.24, 2.45) is 5.92 Å². The van der Waals surface area contributed by atoms with E-state index in [9.17, 15) is 4.79 Å². The third kappa shape index (κ3) is 4.46. The Hall–Kier alpha value is -2.86. The molecule has 4 rings (SSSR count). The van der Waals surface area contributed by atoms with E-state index in [-0.39, 0.29) is 11.8 Å². The molecule has 1 aliphatic heterocycles. The summed E-state index contributed by atoms with van der Waals surface area (Å²) < 4.78 is 7.25. The number of hydrogen-bond donors (Lipinski definition) is 1. The van der Waals surface area contributed by atoms with Gasteiger partial charge in [0, 0.05) is 25.5 Å². The summed E-state index contributed by atoms with van der Waals surface area (Å²) in [5.41, 5.74) is 2.06. The Balaban J connectivity index is 1.32. The predicted octanol–water partition coefficient (Wildman–Crippen LogP) is 2.99. The van der Waals surface area contributed by atoms with E-state index in [0.717, 1.165) is 49.5 Å². The molecule has 6 heteroatoms. The van der Waals surface area contributed by atoms with Crippen LogP contribution in [0, 0.1) is 5.92 Å². The number of aromatic nitrogens is 2. The van der Waals surface area contributed by atoms with Crippen molar-refractivity contribution in [3.8, 4) is 5.69 Å². The molecule has 0 spiro atoms. The van der Waals surface area contributed by atoms with Gasteiger partial charge in [0.15, 0.2) is 0 Å². The Bertz CT molecular complexity index is 858. The standard InChI is InChI=1S/C21H24N4O2/c26-21(18-6-2-10-24(15-18)16-20-8-3-12-27-20)22-14-17-5-1-7-19(13-17)25-11-4-9-23-25/h1,3-5,7-9,11-13,18H,2,6,10,14-16H2,(H,22,26)/t18-/m1/s1. The lowest BCUT2D eigenvalue weighted by molar-refractivity contribution is -0.127. The molecule has 27 heavy (non-hydrogen) atoms. The van der Waals surface area contributed by atoms with Gasteiger partial charge in [0.05, 0.1) is 24.4 Å². The quantitative estimate of drug-likeness (QED) is 0.730. The number of rotatable bonds is 6. The van der Waals surface area contributed by atoms with Gasteiger partial charge in [0.25, 0.3) is 0 Å². The summed E-state index contributed by atoms with van der Waals surface area (Å²) in [7, 11) is 0. The van der Waals surface area contributed by atoms with Gasteiger partial charge in [-0.3, -0.25) is 9.69 Å². The molecule has 0 saturated carbocycles. The highest BCUT2D eigenvalue weighted by molar-refractivity contribution is 5.79. The molecular formula is C21H24N4O2. The van der Waals surface area contributed by atoms with Crippen LogP contribution >= 0.6 is 0 Å². The lowest BCUT2D eigenvalue weighted by Gasteiger charge is -2.31. The second kappa shape index (κ2) is 8.22. The number of carbonyl (C=O) groups is 1. The molecule has 2 aromatic heterocycles. The van der Waals surface area contributed by atoms with Gasteiger partial charge in [-0.05, 0) is 55.3 Å². The molecule has 140 valence electrons. The van der Waals surface area contributed by atoms with Crippen LogP contribution in [0.3, 0.4) is 0 Å². The van der Waals surface area contributed by atoms with E-state index in [1.807, 2.05) is 47.3 Å². The van der Waals surface area contributed by atoms with Crippen LogP contribution < -0.4 is 5.32 Å². The highest BCUT2D eigenvalue weighted by Gasteiger charge is 2.26. The number of piperidine rings is 1. The van der Waals surface area contributed by atoms with Crippen molar-refractivity contribution in [3.05, 3.63) is 72.4 Å². The molecule has 1 N–H and O–H groups in total. The number of nitrogens with zero attached hydrogens (tertiary/aromatic N) is 3. The van der Waals surface area contributed by atoms with Crippen molar-refractivity contribution >= 4 is 5.91 Å². The summed E-state index contributed by atoms with van der Waals surface area (Å²) >= 11 is 0. The minimum atomic E-state index is 0.0306. The zero-order valence-corrected chi connectivity index (χ0v) is 15.3. The molecular weight excluding hydrogens is 340 g/mol. The first-order valence-corrected chi connectivity index (χ1v) is 9.39. The van der Waals surface area contributed by atoms with Crippen LogP contribution in [0.25, 0.3) is 5.69 Å². The van der Waals surface area contributed by atoms with E-state index < -0.39 is 0 Å². The number of benzene rings is 1. The molecule has 1 fully saturated rings. The Morgan fingerprint density at radius 2 is 2.22 bits per heavy atom. The van der Waals surface area contributed by atoms with Gasteiger partial charge in [0.1, 0.15) is 5.76 Å². The summed E-state index contributed by atoms with van der Waals surface area (Å²) in [4.78, 5) is 15.0. The van der Waals surface area contributed by atoms with Gasteiger partial charge in [-0.25, -0.2) is 4.68 Å². The largest absolute Gasteiger partial charge is 0.468 e. The monoisotopic (exact) mass is 364 g/mol. The third-order valence-electron chi connectivity index (χ3n) is 4.98. The number of carbonyl (C=O) groups excluding carboxylic acids is 1. The van der Waals surface area contributed by atoms with Crippen LogP contribution in [0.5, 0.6) is 0 Å². The fourth-order valence-electron chi connectivity index (χ4n) is 3.60. The minimum absolute atomic E-state index is 0.0306. The Morgan fingerprint density at radius 3 is 3.04 bits per heavy atom. The molecule has 0 aliphatic carbocycles. The zero-order chi connectivity index (χ0) is 18.5. The molecule has 1 saturated heterocycles.